The zero-order valence-electron chi connectivity index (χ0n) is 11.2. The maximum atomic E-state index is 6.03. The summed E-state index contributed by atoms with van der Waals surface area (Å²) >= 11 is 11.9. The second-order valence-corrected chi connectivity index (χ2v) is 5.30. The fourth-order valence-corrected chi connectivity index (χ4v) is 2.69. The number of halogens is 2. The van der Waals surface area contributed by atoms with E-state index in [1.807, 2.05) is 18.2 Å². The quantitative estimate of drug-likeness (QED) is 0.752. The summed E-state index contributed by atoms with van der Waals surface area (Å²) in [6, 6.07) is 6.08. The molecule has 0 radical (unpaired) electrons. The zero-order chi connectivity index (χ0) is 13.8. The third-order valence-corrected chi connectivity index (χ3v) is 3.66. The van der Waals surface area contributed by atoms with Crippen molar-refractivity contribution in [2.24, 2.45) is 0 Å². The van der Waals surface area contributed by atoms with E-state index in [0.717, 1.165) is 29.7 Å². The van der Waals surface area contributed by atoms with E-state index in [0.29, 0.717) is 17.5 Å². The first-order valence-electron chi connectivity index (χ1n) is 6.42. The lowest BCUT2D eigenvalue weighted by Gasteiger charge is -2.19. The molecule has 19 heavy (non-hydrogen) atoms. The molecule has 0 saturated heterocycles. The number of alkyl halides is 1. The van der Waals surface area contributed by atoms with E-state index in [1.54, 1.807) is 7.11 Å². The third-order valence-electron chi connectivity index (χ3n) is 3.24. The van der Waals surface area contributed by atoms with Gasteiger partial charge in [-0.25, -0.2) is 4.98 Å². The Kier molecular flexibility index (Phi) is 5.08. The molecule has 0 aliphatic rings. The molecule has 0 bridgehead atoms. The normalized spacial score (nSPS) is 13.1. The number of hydrogen-bond donors (Lipinski definition) is 0. The van der Waals surface area contributed by atoms with Crippen LogP contribution in [0.15, 0.2) is 18.2 Å². The summed E-state index contributed by atoms with van der Waals surface area (Å²) < 4.78 is 7.55. The van der Waals surface area contributed by atoms with E-state index in [1.165, 1.54) is 0 Å². The summed E-state index contributed by atoms with van der Waals surface area (Å²) in [4.78, 5) is 4.65. The minimum Gasteiger partial charge on any atom is -0.383 e. The average Bonchev–Trinajstić information content (AvgIpc) is 2.73. The topological polar surface area (TPSA) is 27.1 Å². The summed E-state index contributed by atoms with van der Waals surface area (Å²) in [6.07, 6.45) is 1.73. The highest BCUT2D eigenvalue weighted by Crippen LogP contribution is 2.26. The molecule has 0 saturated carbocycles. The molecule has 1 aromatic carbocycles. The molecule has 2 rings (SSSR count). The molecule has 0 spiro atoms. The molecule has 0 aliphatic heterocycles. The monoisotopic (exact) mass is 300 g/mol. The van der Waals surface area contributed by atoms with Crippen LogP contribution in [0, 0.1) is 0 Å². The zero-order valence-corrected chi connectivity index (χ0v) is 12.7. The number of imidazole rings is 1. The van der Waals surface area contributed by atoms with Gasteiger partial charge in [0.05, 0.1) is 23.7 Å². The van der Waals surface area contributed by atoms with Crippen molar-refractivity contribution in [2.45, 2.75) is 25.8 Å². The highest BCUT2D eigenvalue weighted by atomic mass is 35.5. The molecular weight excluding hydrogens is 283 g/mol. The molecule has 104 valence electrons. The van der Waals surface area contributed by atoms with Crippen molar-refractivity contribution in [3.8, 4) is 0 Å². The Hall–Kier alpha value is -0.770. The number of nitrogens with zero attached hydrogens (tertiary/aromatic N) is 2. The number of methoxy groups -OCH3 is 1. The van der Waals surface area contributed by atoms with Crippen LogP contribution in [-0.4, -0.2) is 29.1 Å². The van der Waals surface area contributed by atoms with Crippen LogP contribution in [0.25, 0.3) is 11.0 Å². The van der Waals surface area contributed by atoms with Crippen molar-refractivity contribution in [1.29, 1.82) is 0 Å². The Morgan fingerprint density at radius 3 is 2.84 bits per heavy atom. The Morgan fingerprint density at radius 1 is 1.42 bits per heavy atom. The van der Waals surface area contributed by atoms with E-state index in [2.05, 4.69) is 16.5 Å². The molecule has 1 aromatic heterocycles. The Morgan fingerprint density at radius 2 is 2.21 bits per heavy atom. The Labute approximate surface area is 123 Å². The van der Waals surface area contributed by atoms with Gasteiger partial charge in [-0.2, -0.15) is 0 Å². The van der Waals surface area contributed by atoms with Crippen LogP contribution in [0.2, 0.25) is 5.02 Å². The molecule has 1 unspecified atom stereocenters. The van der Waals surface area contributed by atoms with Crippen molar-refractivity contribution in [2.75, 3.05) is 19.6 Å². The number of benzene rings is 1. The smallest absolute Gasteiger partial charge is 0.111 e. The van der Waals surface area contributed by atoms with Crippen LogP contribution < -0.4 is 0 Å². The Bertz CT molecular complexity index is 554. The van der Waals surface area contributed by atoms with Crippen molar-refractivity contribution >= 4 is 34.2 Å². The Balaban J connectivity index is 2.56. The van der Waals surface area contributed by atoms with Crippen LogP contribution in [0.4, 0.5) is 0 Å². The minimum absolute atomic E-state index is 0.273. The van der Waals surface area contributed by atoms with Crippen LogP contribution in [0.1, 0.15) is 25.2 Å². The second-order valence-electron chi connectivity index (χ2n) is 4.49. The van der Waals surface area contributed by atoms with Gasteiger partial charge < -0.3 is 9.30 Å². The first-order chi connectivity index (χ1) is 9.21. The molecule has 0 amide bonds. The van der Waals surface area contributed by atoms with Crippen molar-refractivity contribution in [3.63, 3.8) is 0 Å². The van der Waals surface area contributed by atoms with Crippen LogP contribution >= 0.6 is 23.2 Å². The largest absolute Gasteiger partial charge is 0.383 e. The van der Waals surface area contributed by atoms with Gasteiger partial charge in [-0.3, -0.25) is 0 Å². The summed E-state index contributed by atoms with van der Waals surface area (Å²) in [5.41, 5.74) is 2.01. The summed E-state index contributed by atoms with van der Waals surface area (Å²) in [5, 5.41) is 0.703. The van der Waals surface area contributed by atoms with Gasteiger partial charge in [0.1, 0.15) is 5.82 Å². The molecule has 5 heteroatoms. The fourth-order valence-electron chi connectivity index (χ4n) is 2.36. The van der Waals surface area contributed by atoms with Gasteiger partial charge in [0.2, 0.25) is 0 Å². The minimum atomic E-state index is 0.273. The standard InChI is InChI=1S/C14H18Cl2N2O/c1-3-11(9-19-2)18-13-5-4-10(16)8-12(13)17-14(18)6-7-15/h4-5,8,11H,3,6-7,9H2,1-2H3. The second kappa shape index (κ2) is 6.60. The lowest BCUT2D eigenvalue weighted by Crippen LogP contribution is -2.16. The summed E-state index contributed by atoms with van der Waals surface area (Å²) in [6.45, 7) is 2.82. The highest BCUT2D eigenvalue weighted by molar-refractivity contribution is 6.31. The number of fused-ring (bicyclic) bond motifs is 1. The predicted octanol–water partition coefficient (Wildman–Crippen LogP) is 4.07. The van der Waals surface area contributed by atoms with E-state index in [4.69, 9.17) is 27.9 Å². The SMILES string of the molecule is CCC(COC)n1c(CCCl)nc2cc(Cl)ccc21. The van der Waals surface area contributed by atoms with E-state index < -0.39 is 0 Å². The van der Waals surface area contributed by atoms with Crippen molar-refractivity contribution in [1.82, 2.24) is 9.55 Å². The van der Waals surface area contributed by atoms with Gasteiger partial charge >= 0.3 is 0 Å². The number of rotatable bonds is 6. The van der Waals surface area contributed by atoms with Gasteiger partial charge in [0.15, 0.2) is 0 Å². The first-order valence-corrected chi connectivity index (χ1v) is 7.33. The van der Waals surface area contributed by atoms with E-state index in [9.17, 15) is 0 Å². The average molecular weight is 301 g/mol. The maximum absolute atomic E-state index is 6.03. The predicted molar refractivity (Wildman–Crippen MR) is 80.4 cm³/mol. The summed E-state index contributed by atoms with van der Waals surface area (Å²) in [7, 11) is 1.72. The molecule has 2 aromatic rings. The van der Waals surface area contributed by atoms with Gasteiger partial charge in [-0.05, 0) is 24.6 Å². The lowest BCUT2D eigenvalue weighted by atomic mass is 10.2. The van der Waals surface area contributed by atoms with Crippen molar-refractivity contribution in [3.05, 3.63) is 29.0 Å². The molecular formula is C14H18Cl2N2O. The fraction of sp³-hybridized carbons (Fsp3) is 0.500. The van der Waals surface area contributed by atoms with E-state index >= 15 is 0 Å². The number of aromatic nitrogens is 2. The molecule has 1 heterocycles. The highest BCUT2D eigenvalue weighted by Gasteiger charge is 2.17. The maximum Gasteiger partial charge on any atom is 0.111 e. The van der Waals surface area contributed by atoms with Crippen molar-refractivity contribution < 1.29 is 4.74 Å². The number of aryl methyl sites for hydroxylation is 1. The van der Waals surface area contributed by atoms with E-state index in [-0.39, 0.29) is 6.04 Å². The van der Waals surface area contributed by atoms with Crippen LogP contribution in [0.5, 0.6) is 0 Å². The molecule has 0 aliphatic carbocycles. The van der Waals surface area contributed by atoms with Gasteiger partial charge in [0, 0.05) is 24.4 Å². The molecule has 3 nitrogen and oxygen atoms in total. The molecule has 0 fully saturated rings. The van der Waals surface area contributed by atoms with Crippen LogP contribution in [-0.2, 0) is 11.2 Å². The van der Waals surface area contributed by atoms with Crippen LogP contribution in [0.3, 0.4) is 0 Å². The van der Waals surface area contributed by atoms with Gasteiger partial charge in [0.25, 0.3) is 0 Å². The molecule has 1 atom stereocenters. The number of hydrogen-bond acceptors (Lipinski definition) is 2. The first kappa shape index (κ1) is 14.6. The third kappa shape index (κ3) is 3.04. The van der Waals surface area contributed by atoms with Gasteiger partial charge in [-0.15, -0.1) is 11.6 Å². The molecule has 0 N–H and O–H groups in total. The van der Waals surface area contributed by atoms with Gasteiger partial charge in [-0.1, -0.05) is 18.5 Å². The lowest BCUT2D eigenvalue weighted by molar-refractivity contribution is 0.153. The summed E-state index contributed by atoms with van der Waals surface area (Å²) in [5.74, 6) is 1.55. The number of ether oxygens (including phenoxy) is 1.